The molecule has 0 unspecified atom stereocenters. The van der Waals surface area contributed by atoms with Crippen LogP contribution in [0.3, 0.4) is 0 Å². The van der Waals surface area contributed by atoms with Crippen molar-refractivity contribution in [3.63, 3.8) is 0 Å². The van der Waals surface area contributed by atoms with Crippen molar-refractivity contribution in [2.75, 3.05) is 18.9 Å². The van der Waals surface area contributed by atoms with Crippen molar-refractivity contribution < 1.29 is 0 Å². The van der Waals surface area contributed by atoms with Crippen molar-refractivity contribution in [2.45, 2.75) is 20.3 Å². The number of nitrogens with zero attached hydrogens (tertiary/aromatic N) is 1. The van der Waals surface area contributed by atoms with E-state index in [-0.39, 0.29) is 0 Å². The van der Waals surface area contributed by atoms with E-state index in [1.54, 1.807) is 7.05 Å². The minimum Gasteiger partial charge on any atom is -0.380 e. The van der Waals surface area contributed by atoms with E-state index in [4.69, 9.17) is 0 Å². The van der Waals surface area contributed by atoms with E-state index in [1.165, 1.54) is 16.8 Å². The summed E-state index contributed by atoms with van der Waals surface area (Å²) in [4.78, 5) is 3.94. The lowest BCUT2D eigenvalue weighted by Gasteiger charge is -2.11. The molecule has 0 atom stereocenters. The maximum Gasteiger partial charge on any atom is 0.0499 e. The van der Waals surface area contributed by atoms with Crippen LogP contribution in [-0.2, 0) is 6.42 Å². The second-order valence-electron chi connectivity index (χ2n) is 3.28. The number of rotatable bonds is 4. The zero-order valence-electron chi connectivity index (χ0n) is 9.17. The Morgan fingerprint density at radius 1 is 1.43 bits per heavy atom. The van der Waals surface area contributed by atoms with Crippen molar-refractivity contribution in [2.24, 2.45) is 4.99 Å². The Kier molecular flexibility index (Phi) is 4.17. The van der Waals surface area contributed by atoms with E-state index < -0.39 is 0 Å². The fourth-order valence-electron chi connectivity index (χ4n) is 1.58. The summed E-state index contributed by atoms with van der Waals surface area (Å²) in [6.45, 7) is 5.13. The predicted molar refractivity (Wildman–Crippen MR) is 63.5 cm³/mol. The van der Waals surface area contributed by atoms with Crippen molar-refractivity contribution in [3.05, 3.63) is 29.3 Å². The molecule has 14 heavy (non-hydrogen) atoms. The molecule has 0 aliphatic heterocycles. The van der Waals surface area contributed by atoms with Crippen molar-refractivity contribution in [1.29, 1.82) is 0 Å². The highest BCUT2D eigenvalue weighted by Crippen LogP contribution is 2.19. The largest absolute Gasteiger partial charge is 0.380 e. The van der Waals surface area contributed by atoms with E-state index >= 15 is 0 Å². The first kappa shape index (κ1) is 10.8. The molecule has 0 aliphatic rings. The van der Waals surface area contributed by atoms with E-state index in [9.17, 15) is 0 Å². The summed E-state index contributed by atoms with van der Waals surface area (Å²) in [6.07, 6.45) is 2.94. The second kappa shape index (κ2) is 5.43. The van der Waals surface area contributed by atoms with Gasteiger partial charge in [-0.15, -0.1) is 0 Å². The van der Waals surface area contributed by atoms with Crippen LogP contribution in [-0.4, -0.2) is 19.8 Å². The molecule has 0 heterocycles. The second-order valence-corrected chi connectivity index (χ2v) is 3.28. The third kappa shape index (κ3) is 2.59. The quantitative estimate of drug-likeness (QED) is 0.725. The monoisotopic (exact) mass is 190 g/mol. The van der Waals surface area contributed by atoms with Crippen LogP contribution in [0.25, 0.3) is 0 Å². The summed E-state index contributed by atoms with van der Waals surface area (Å²) in [5, 5.41) is 3.36. The van der Waals surface area contributed by atoms with Crippen molar-refractivity contribution in [1.82, 2.24) is 0 Å². The topological polar surface area (TPSA) is 24.4 Å². The lowest BCUT2D eigenvalue weighted by atomic mass is 10.0. The van der Waals surface area contributed by atoms with Crippen LogP contribution >= 0.6 is 0 Å². The number of nitrogens with one attached hydrogen (secondary N) is 1. The Labute approximate surface area is 86.1 Å². The number of hydrogen-bond donors (Lipinski definition) is 1. The lowest BCUT2D eigenvalue weighted by Crippen LogP contribution is -2.05. The average molecular weight is 190 g/mol. The van der Waals surface area contributed by atoms with Crippen LogP contribution in [0.5, 0.6) is 0 Å². The summed E-state index contributed by atoms with van der Waals surface area (Å²) >= 11 is 0. The Bertz CT molecular complexity index is 316. The third-order valence-electron chi connectivity index (χ3n) is 2.33. The van der Waals surface area contributed by atoms with Gasteiger partial charge >= 0.3 is 0 Å². The SMILES string of the molecule is CCc1c(C)cccc1NCC=NC. The fourth-order valence-corrected chi connectivity index (χ4v) is 1.58. The molecule has 1 aromatic rings. The first-order valence-corrected chi connectivity index (χ1v) is 5.02. The highest BCUT2D eigenvalue weighted by atomic mass is 14.9. The van der Waals surface area contributed by atoms with Gasteiger partial charge in [-0.25, -0.2) is 0 Å². The predicted octanol–water partition coefficient (Wildman–Crippen LogP) is 2.67. The Morgan fingerprint density at radius 3 is 2.86 bits per heavy atom. The smallest absolute Gasteiger partial charge is 0.0499 e. The third-order valence-corrected chi connectivity index (χ3v) is 2.33. The van der Waals surface area contributed by atoms with Crippen LogP contribution in [0, 0.1) is 6.92 Å². The van der Waals surface area contributed by atoms with Crippen LogP contribution in [0.4, 0.5) is 5.69 Å². The summed E-state index contributed by atoms with van der Waals surface area (Å²) < 4.78 is 0. The van der Waals surface area contributed by atoms with Gasteiger partial charge in [-0.1, -0.05) is 19.1 Å². The molecule has 0 saturated heterocycles. The van der Waals surface area contributed by atoms with Crippen LogP contribution in [0.1, 0.15) is 18.1 Å². The van der Waals surface area contributed by atoms with E-state index in [0.717, 1.165) is 13.0 Å². The standard InChI is InChI=1S/C12H18N2/c1-4-11-10(2)6-5-7-12(11)14-9-8-13-3/h5-8,14H,4,9H2,1-3H3. The molecule has 76 valence electrons. The molecule has 0 bridgehead atoms. The summed E-state index contributed by atoms with van der Waals surface area (Å²) in [5.41, 5.74) is 3.98. The van der Waals surface area contributed by atoms with Gasteiger partial charge < -0.3 is 5.32 Å². The van der Waals surface area contributed by atoms with E-state index in [0.29, 0.717) is 0 Å². The van der Waals surface area contributed by atoms with Gasteiger partial charge in [-0.3, -0.25) is 4.99 Å². The molecule has 0 fully saturated rings. The number of aliphatic imine (C=N–C) groups is 1. The molecular formula is C12H18N2. The minimum atomic E-state index is 0.799. The van der Waals surface area contributed by atoms with Gasteiger partial charge in [-0.05, 0) is 30.5 Å². The van der Waals surface area contributed by atoms with Gasteiger partial charge in [0.15, 0.2) is 0 Å². The average Bonchev–Trinajstić information content (AvgIpc) is 2.18. The van der Waals surface area contributed by atoms with Gasteiger partial charge in [0.05, 0.1) is 0 Å². The lowest BCUT2D eigenvalue weighted by molar-refractivity contribution is 1.10. The van der Waals surface area contributed by atoms with Gasteiger partial charge in [-0.2, -0.15) is 0 Å². The maximum absolute atomic E-state index is 3.94. The molecular weight excluding hydrogens is 172 g/mol. The molecule has 1 aromatic carbocycles. The molecule has 2 heteroatoms. The molecule has 0 radical (unpaired) electrons. The number of hydrogen-bond acceptors (Lipinski definition) is 2. The zero-order chi connectivity index (χ0) is 10.4. The first-order valence-electron chi connectivity index (χ1n) is 5.02. The molecule has 0 saturated carbocycles. The van der Waals surface area contributed by atoms with Gasteiger partial charge in [0.2, 0.25) is 0 Å². The first-order chi connectivity index (χ1) is 6.79. The Balaban J connectivity index is 2.79. The summed E-state index contributed by atoms with van der Waals surface area (Å²) in [5.74, 6) is 0. The molecule has 0 aromatic heterocycles. The minimum absolute atomic E-state index is 0.799. The van der Waals surface area contributed by atoms with Crippen LogP contribution < -0.4 is 5.32 Å². The Hall–Kier alpha value is -1.31. The molecule has 2 nitrogen and oxygen atoms in total. The van der Waals surface area contributed by atoms with Crippen molar-refractivity contribution >= 4 is 11.9 Å². The van der Waals surface area contributed by atoms with Crippen molar-refractivity contribution in [3.8, 4) is 0 Å². The van der Waals surface area contributed by atoms with E-state index in [1.807, 2.05) is 6.21 Å². The number of aryl methyl sites for hydroxylation is 1. The van der Waals surface area contributed by atoms with Gasteiger partial charge in [0, 0.05) is 25.5 Å². The van der Waals surface area contributed by atoms with Crippen LogP contribution in [0.2, 0.25) is 0 Å². The molecule has 0 spiro atoms. The molecule has 0 aliphatic carbocycles. The normalized spacial score (nSPS) is 10.8. The Morgan fingerprint density at radius 2 is 2.21 bits per heavy atom. The van der Waals surface area contributed by atoms with E-state index in [2.05, 4.69) is 42.4 Å². The maximum atomic E-state index is 3.94. The van der Waals surface area contributed by atoms with Gasteiger partial charge in [0.1, 0.15) is 0 Å². The molecule has 1 N–H and O–H groups in total. The van der Waals surface area contributed by atoms with Crippen LogP contribution in [0.15, 0.2) is 23.2 Å². The molecule has 0 amide bonds. The zero-order valence-corrected chi connectivity index (χ0v) is 9.17. The molecule has 1 rings (SSSR count). The number of anilines is 1. The fraction of sp³-hybridized carbons (Fsp3) is 0.417. The highest BCUT2D eigenvalue weighted by molar-refractivity contribution is 5.66. The summed E-state index contributed by atoms with van der Waals surface area (Å²) in [7, 11) is 1.79. The number of benzene rings is 1. The summed E-state index contributed by atoms with van der Waals surface area (Å²) in [6, 6.07) is 6.35. The highest BCUT2D eigenvalue weighted by Gasteiger charge is 2.01. The van der Waals surface area contributed by atoms with Gasteiger partial charge in [0.25, 0.3) is 0 Å².